The van der Waals surface area contributed by atoms with E-state index in [1.54, 1.807) is 12.1 Å². The molecule has 1 aliphatic rings. The Morgan fingerprint density at radius 2 is 1.89 bits per heavy atom. The van der Waals surface area contributed by atoms with Gasteiger partial charge in [0.15, 0.2) is 9.84 Å². The summed E-state index contributed by atoms with van der Waals surface area (Å²) in [6.45, 7) is 0.161. The molecule has 2 rings (SSSR count). The van der Waals surface area contributed by atoms with E-state index >= 15 is 0 Å². The van der Waals surface area contributed by atoms with Crippen LogP contribution in [0.3, 0.4) is 0 Å². The van der Waals surface area contributed by atoms with Crippen LogP contribution in [-0.4, -0.2) is 63.4 Å². The molecule has 0 bridgehead atoms. The van der Waals surface area contributed by atoms with Crippen molar-refractivity contribution in [1.29, 1.82) is 0 Å². The molecule has 0 amide bonds. The molecule has 8 nitrogen and oxygen atoms in total. The Bertz CT molecular complexity index is 848. The van der Waals surface area contributed by atoms with Gasteiger partial charge in [-0.25, -0.2) is 16.8 Å². The number of methoxy groups -OCH3 is 1. The molecule has 10 heteroatoms. The van der Waals surface area contributed by atoms with Crippen molar-refractivity contribution in [3.05, 3.63) is 24.3 Å². The van der Waals surface area contributed by atoms with Crippen molar-refractivity contribution >= 4 is 25.8 Å². The smallest absolute Gasteiger partial charge is 0.303 e. The first kappa shape index (κ1) is 21.6. The second kappa shape index (κ2) is 9.03. The third-order valence-electron chi connectivity index (χ3n) is 4.55. The topological polar surface area (TPSA) is 118 Å². The molecule has 0 aliphatic carbocycles. The number of sulfone groups is 1. The van der Waals surface area contributed by atoms with E-state index in [1.165, 1.54) is 23.5 Å². The summed E-state index contributed by atoms with van der Waals surface area (Å²) < 4.78 is 56.2. The van der Waals surface area contributed by atoms with Gasteiger partial charge in [0.2, 0.25) is 10.0 Å². The highest BCUT2D eigenvalue weighted by Crippen LogP contribution is 2.27. The zero-order valence-electron chi connectivity index (χ0n) is 15.2. The summed E-state index contributed by atoms with van der Waals surface area (Å²) in [6.07, 6.45) is 1.78. The van der Waals surface area contributed by atoms with Gasteiger partial charge in [-0.05, 0) is 43.5 Å². The molecule has 0 unspecified atom stereocenters. The average molecular weight is 420 g/mol. The van der Waals surface area contributed by atoms with Crippen molar-refractivity contribution in [2.45, 2.75) is 43.0 Å². The number of ether oxygens (including phenoxy) is 1. The van der Waals surface area contributed by atoms with E-state index in [2.05, 4.69) is 0 Å². The standard InChI is InChI=1S/C17H25NO7S2/c1-25-15-6-8-16(9-7-15)27(23,24)18(11-4-2-3-5-17(19)20)14-10-12-26(21,22)13-14/h6-9,14H,2-5,10-13H2,1H3,(H,19,20)/t14-/m1/s1. The molecule has 1 saturated heterocycles. The van der Waals surface area contributed by atoms with Crippen molar-refractivity contribution in [1.82, 2.24) is 4.31 Å². The van der Waals surface area contributed by atoms with Crippen LogP contribution in [0.4, 0.5) is 0 Å². The van der Waals surface area contributed by atoms with Crippen molar-refractivity contribution in [3.63, 3.8) is 0 Å². The van der Waals surface area contributed by atoms with Gasteiger partial charge in [0.25, 0.3) is 0 Å². The Morgan fingerprint density at radius 3 is 2.41 bits per heavy atom. The predicted octanol–water partition coefficient (Wildman–Crippen LogP) is 1.52. The van der Waals surface area contributed by atoms with E-state index in [1.807, 2.05) is 0 Å². The van der Waals surface area contributed by atoms with E-state index in [4.69, 9.17) is 9.84 Å². The lowest BCUT2D eigenvalue weighted by atomic mass is 10.2. The van der Waals surface area contributed by atoms with Gasteiger partial charge in [-0.15, -0.1) is 0 Å². The SMILES string of the molecule is COc1ccc(S(=O)(=O)N(CCCCCC(=O)O)[C@@H]2CCS(=O)(=O)C2)cc1. The number of hydrogen-bond acceptors (Lipinski definition) is 6. The van der Waals surface area contributed by atoms with Gasteiger partial charge >= 0.3 is 5.97 Å². The number of sulfonamides is 1. The van der Waals surface area contributed by atoms with Gasteiger partial charge in [-0.1, -0.05) is 6.42 Å². The Kier molecular flexibility index (Phi) is 7.24. The monoisotopic (exact) mass is 419 g/mol. The molecular weight excluding hydrogens is 394 g/mol. The third kappa shape index (κ3) is 5.91. The van der Waals surface area contributed by atoms with Gasteiger partial charge in [-0.2, -0.15) is 4.31 Å². The zero-order valence-corrected chi connectivity index (χ0v) is 16.8. The van der Waals surface area contributed by atoms with Crippen LogP contribution >= 0.6 is 0 Å². The van der Waals surface area contributed by atoms with Crippen LogP contribution in [0.25, 0.3) is 0 Å². The minimum absolute atomic E-state index is 0.0225. The zero-order chi connectivity index (χ0) is 20.1. The highest BCUT2D eigenvalue weighted by molar-refractivity contribution is 7.92. The lowest BCUT2D eigenvalue weighted by molar-refractivity contribution is -0.137. The maximum atomic E-state index is 13.1. The number of benzene rings is 1. The summed E-state index contributed by atoms with van der Waals surface area (Å²) in [5.74, 6) is -0.569. The summed E-state index contributed by atoms with van der Waals surface area (Å²) in [5, 5.41) is 8.69. The molecule has 1 aliphatic heterocycles. The number of carbonyl (C=O) groups is 1. The van der Waals surface area contributed by atoms with E-state index in [0.717, 1.165) is 0 Å². The molecule has 1 N–H and O–H groups in total. The molecular formula is C17H25NO7S2. The van der Waals surface area contributed by atoms with Gasteiger partial charge in [0, 0.05) is 19.0 Å². The van der Waals surface area contributed by atoms with Crippen LogP contribution in [0, 0.1) is 0 Å². The summed E-state index contributed by atoms with van der Waals surface area (Å²) in [6, 6.07) is 5.37. The van der Waals surface area contributed by atoms with Crippen LogP contribution in [0.2, 0.25) is 0 Å². The maximum Gasteiger partial charge on any atom is 0.303 e. The van der Waals surface area contributed by atoms with E-state index in [-0.39, 0.29) is 35.8 Å². The summed E-state index contributed by atoms with van der Waals surface area (Å²) in [4.78, 5) is 10.7. The predicted molar refractivity (Wildman–Crippen MR) is 100 cm³/mol. The van der Waals surface area contributed by atoms with Gasteiger partial charge < -0.3 is 9.84 Å². The van der Waals surface area contributed by atoms with E-state index in [0.29, 0.717) is 25.0 Å². The molecule has 1 atom stereocenters. The largest absolute Gasteiger partial charge is 0.497 e. The number of rotatable bonds is 10. The van der Waals surface area contributed by atoms with Crippen molar-refractivity contribution in [2.75, 3.05) is 25.2 Å². The van der Waals surface area contributed by atoms with Gasteiger partial charge in [-0.3, -0.25) is 4.79 Å². The van der Waals surface area contributed by atoms with Crippen LogP contribution in [-0.2, 0) is 24.7 Å². The molecule has 1 heterocycles. The van der Waals surface area contributed by atoms with Crippen LogP contribution in [0.1, 0.15) is 32.1 Å². The fourth-order valence-electron chi connectivity index (χ4n) is 3.11. The highest BCUT2D eigenvalue weighted by atomic mass is 32.2. The molecule has 0 aromatic heterocycles. The number of carboxylic acids is 1. The summed E-state index contributed by atoms with van der Waals surface area (Å²) in [7, 11) is -5.63. The van der Waals surface area contributed by atoms with E-state index in [9.17, 15) is 21.6 Å². The highest BCUT2D eigenvalue weighted by Gasteiger charge is 2.38. The molecule has 0 saturated carbocycles. The lowest BCUT2D eigenvalue weighted by Crippen LogP contribution is -2.41. The fraction of sp³-hybridized carbons (Fsp3) is 0.588. The quantitative estimate of drug-likeness (QED) is 0.571. The number of unbranched alkanes of at least 4 members (excludes halogenated alkanes) is 2. The van der Waals surface area contributed by atoms with E-state index < -0.39 is 31.9 Å². The van der Waals surface area contributed by atoms with Crippen LogP contribution in [0.5, 0.6) is 5.75 Å². The van der Waals surface area contributed by atoms with Crippen LogP contribution in [0.15, 0.2) is 29.2 Å². The lowest BCUT2D eigenvalue weighted by Gasteiger charge is -2.27. The third-order valence-corrected chi connectivity index (χ3v) is 8.27. The Hall–Kier alpha value is -1.65. The first-order valence-corrected chi connectivity index (χ1v) is 12.0. The second-order valence-electron chi connectivity index (χ2n) is 6.55. The number of aliphatic carboxylic acids is 1. The van der Waals surface area contributed by atoms with Gasteiger partial charge in [0.05, 0.1) is 23.5 Å². The molecule has 0 radical (unpaired) electrons. The fourth-order valence-corrected chi connectivity index (χ4v) is 6.62. The Balaban J connectivity index is 2.17. The molecule has 1 fully saturated rings. The second-order valence-corrected chi connectivity index (χ2v) is 10.7. The summed E-state index contributed by atoms with van der Waals surface area (Å²) >= 11 is 0. The van der Waals surface area contributed by atoms with Crippen molar-refractivity contribution in [2.24, 2.45) is 0 Å². The molecule has 1 aromatic carbocycles. The molecule has 27 heavy (non-hydrogen) atoms. The first-order valence-electron chi connectivity index (χ1n) is 8.74. The molecule has 0 spiro atoms. The van der Waals surface area contributed by atoms with Gasteiger partial charge in [0.1, 0.15) is 5.75 Å². The summed E-state index contributed by atoms with van der Waals surface area (Å²) in [5.41, 5.74) is 0. The average Bonchev–Trinajstić information content (AvgIpc) is 2.97. The minimum atomic E-state index is -3.87. The molecule has 152 valence electrons. The van der Waals surface area contributed by atoms with Crippen molar-refractivity contribution in [3.8, 4) is 5.75 Å². The first-order chi connectivity index (χ1) is 12.7. The molecule has 1 aromatic rings. The van der Waals surface area contributed by atoms with Crippen LogP contribution < -0.4 is 4.74 Å². The number of carboxylic acid groups (broad SMARTS) is 1. The number of hydrogen-bond donors (Lipinski definition) is 1. The van der Waals surface area contributed by atoms with Crippen molar-refractivity contribution < 1.29 is 31.5 Å². The minimum Gasteiger partial charge on any atom is -0.497 e. The normalized spacial score (nSPS) is 19.3. The Labute approximate surface area is 160 Å². The Morgan fingerprint density at radius 1 is 1.22 bits per heavy atom. The number of nitrogens with zero attached hydrogens (tertiary/aromatic N) is 1. The maximum absolute atomic E-state index is 13.1.